The first-order valence-corrected chi connectivity index (χ1v) is 5.33. The van der Waals surface area contributed by atoms with Gasteiger partial charge in [0.15, 0.2) is 0 Å². The van der Waals surface area contributed by atoms with Crippen LogP contribution in [0.3, 0.4) is 0 Å². The standard InChI is InChI=1S/C13H14N2O/c1-2-13(16,11-7-3-5-9-14-11)12-8-4-6-10-15-12/h3-10,16H,2H2,1H3. The Balaban J connectivity index is 2.49. The van der Waals surface area contributed by atoms with E-state index in [-0.39, 0.29) is 0 Å². The average molecular weight is 214 g/mol. The maximum absolute atomic E-state index is 10.6. The molecule has 0 saturated carbocycles. The summed E-state index contributed by atoms with van der Waals surface area (Å²) in [5, 5.41) is 10.6. The quantitative estimate of drug-likeness (QED) is 0.851. The summed E-state index contributed by atoms with van der Waals surface area (Å²) in [5.41, 5.74) is 0.176. The van der Waals surface area contributed by atoms with Crippen molar-refractivity contribution in [3.8, 4) is 0 Å². The Morgan fingerprint density at radius 3 is 1.81 bits per heavy atom. The first-order valence-electron chi connectivity index (χ1n) is 5.33. The minimum atomic E-state index is -1.09. The van der Waals surface area contributed by atoms with Crippen LogP contribution in [0, 0.1) is 0 Å². The number of aliphatic hydroxyl groups is 1. The molecule has 0 unspecified atom stereocenters. The smallest absolute Gasteiger partial charge is 0.148 e. The second kappa shape index (κ2) is 4.41. The summed E-state index contributed by atoms with van der Waals surface area (Å²) in [7, 11) is 0. The molecule has 3 nitrogen and oxygen atoms in total. The van der Waals surface area contributed by atoms with E-state index in [2.05, 4.69) is 9.97 Å². The largest absolute Gasteiger partial charge is 0.377 e. The third-order valence-corrected chi connectivity index (χ3v) is 2.69. The molecule has 2 rings (SSSR count). The van der Waals surface area contributed by atoms with Crippen molar-refractivity contribution in [2.24, 2.45) is 0 Å². The molecule has 0 spiro atoms. The Hall–Kier alpha value is -1.74. The fourth-order valence-electron chi connectivity index (χ4n) is 1.71. The van der Waals surface area contributed by atoms with Crippen molar-refractivity contribution in [2.75, 3.05) is 0 Å². The number of hydrogen-bond acceptors (Lipinski definition) is 3. The molecule has 0 amide bonds. The summed E-state index contributed by atoms with van der Waals surface area (Å²) in [5.74, 6) is 0. The highest BCUT2D eigenvalue weighted by Crippen LogP contribution is 2.29. The van der Waals surface area contributed by atoms with Crippen molar-refractivity contribution in [3.05, 3.63) is 60.2 Å². The first kappa shape index (κ1) is 10.8. The molecule has 16 heavy (non-hydrogen) atoms. The Kier molecular flexibility index (Phi) is 2.97. The Labute approximate surface area is 94.8 Å². The zero-order valence-electron chi connectivity index (χ0n) is 9.17. The molecule has 0 aliphatic heterocycles. The van der Waals surface area contributed by atoms with Crippen LogP contribution in [0.15, 0.2) is 48.8 Å². The van der Waals surface area contributed by atoms with Crippen molar-refractivity contribution >= 4 is 0 Å². The van der Waals surface area contributed by atoms with Crippen LogP contribution in [0.4, 0.5) is 0 Å². The fraction of sp³-hybridized carbons (Fsp3) is 0.231. The van der Waals surface area contributed by atoms with E-state index in [1.54, 1.807) is 12.4 Å². The Morgan fingerprint density at radius 1 is 1.00 bits per heavy atom. The summed E-state index contributed by atoms with van der Waals surface area (Å²) in [6.45, 7) is 1.92. The van der Waals surface area contributed by atoms with Gasteiger partial charge in [-0.15, -0.1) is 0 Å². The minimum absolute atomic E-state index is 0.543. The highest BCUT2D eigenvalue weighted by molar-refractivity contribution is 5.26. The Morgan fingerprint density at radius 2 is 1.50 bits per heavy atom. The van der Waals surface area contributed by atoms with E-state index < -0.39 is 5.60 Å². The topological polar surface area (TPSA) is 46.0 Å². The van der Waals surface area contributed by atoms with Gasteiger partial charge < -0.3 is 5.11 Å². The second-order valence-electron chi connectivity index (χ2n) is 3.64. The molecule has 2 aromatic heterocycles. The van der Waals surface area contributed by atoms with Crippen LogP contribution in [0.2, 0.25) is 0 Å². The molecule has 0 fully saturated rings. The van der Waals surface area contributed by atoms with Gasteiger partial charge >= 0.3 is 0 Å². The number of pyridine rings is 2. The lowest BCUT2D eigenvalue weighted by Gasteiger charge is -2.25. The molecule has 0 radical (unpaired) electrons. The zero-order valence-corrected chi connectivity index (χ0v) is 9.17. The van der Waals surface area contributed by atoms with E-state index in [9.17, 15) is 5.11 Å². The van der Waals surface area contributed by atoms with Gasteiger partial charge in [0.25, 0.3) is 0 Å². The second-order valence-corrected chi connectivity index (χ2v) is 3.64. The summed E-state index contributed by atoms with van der Waals surface area (Å²) < 4.78 is 0. The molecule has 0 atom stereocenters. The number of aromatic nitrogens is 2. The highest BCUT2D eigenvalue weighted by Gasteiger charge is 2.31. The summed E-state index contributed by atoms with van der Waals surface area (Å²) in [6.07, 6.45) is 3.90. The molecule has 0 bridgehead atoms. The van der Waals surface area contributed by atoms with Crippen LogP contribution < -0.4 is 0 Å². The van der Waals surface area contributed by atoms with Crippen LogP contribution >= 0.6 is 0 Å². The van der Waals surface area contributed by atoms with E-state index in [4.69, 9.17) is 0 Å². The third kappa shape index (κ3) is 1.82. The molecule has 0 saturated heterocycles. The minimum Gasteiger partial charge on any atom is -0.377 e. The monoisotopic (exact) mass is 214 g/mol. The number of rotatable bonds is 3. The van der Waals surface area contributed by atoms with Gasteiger partial charge in [0.2, 0.25) is 0 Å². The summed E-state index contributed by atoms with van der Waals surface area (Å²) >= 11 is 0. The van der Waals surface area contributed by atoms with Gasteiger partial charge in [-0.25, -0.2) is 0 Å². The lowest BCUT2D eigenvalue weighted by molar-refractivity contribution is 0.0673. The average Bonchev–Trinajstić information content (AvgIpc) is 2.40. The van der Waals surface area contributed by atoms with Crippen molar-refractivity contribution in [2.45, 2.75) is 18.9 Å². The first-order chi connectivity index (χ1) is 7.77. The van der Waals surface area contributed by atoms with E-state index in [1.165, 1.54) is 0 Å². The van der Waals surface area contributed by atoms with Gasteiger partial charge in [0, 0.05) is 12.4 Å². The number of nitrogens with zero attached hydrogens (tertiary/aromatic N) is 2. The summed E-state index contributed by atoms with van der Waals surface area (Å²) in [6, 6.07) is 11.0. The molecular weight excluding hydrogens is 200 g/mol. The van der Waals surface area contributed by atoms with E-state index in [0.717, 1.165) is 0 Å². The van der Waals surface area contributed by atoms with Crippen molar-refractivity contribution in [3.63, 3.8) is 0 Å². The van der Waals surface area contributed by atoms with Gasteiger partial charge in [0.1, 0.15) is 5.60 Å². The lowest BCUT2D eigenvalue weighted by atomic mass is 9.91. The molecule has 0 aliphatic rings. The summed E-state index contributed by atoms with van der Waals surface area (Å²) in [4.78, 5) is 8.42. The van der Waals surface area contributed by atoms with Crippen LogP contribution in [-0.4, -0.2) is 15.1 Å². The van der Waals surface area contributed by atoms with Gasteiger partial charge in [-0.1, -0.05) is 19.1 Å². The van der Waals surface area contributed by atoms with Crippen molar-refractivity contribution in [1.29, 1.82) is 0 Å². The molecule has 0 aromatic carbocycles. The number of hydrogen-bond donors (Lipinski definition) is 1. The maximum atomic E-state index is 10.6. The third-order valence-electron chi connectivity index (χ3n) is 2.69. The van der Waals surface area contributed by atoms with Crippen molar-refractivity contribution < 1.29 is 5.11 Å². The molecule has 1 N–H and O–H groups in total. The molecular formula is C13H14N2O. The zero-order chi connectivity index (χ0) is 11.4. The normalized spacial score (nSPS) is 11.4. The van der Waals surface area contributed by atoms with Crippen LogP contribution in [-0.2, 0) is 5.60 Å². The fourth-order valence-corrected chi connectivity index (χ4v) is 1.71. The van der Waals surface area contributed by atoms with E-state index in [1.807, 2.05) is 43.3 Å². The molecule has 3 heteroatoms. The molecule has 2 aromatic rings. The van der Waals surface area contributed by atoms with Crippen LogP contribution in [0.5, 0.6) is 0 Å². The van der Waals surface area contributed by atoms with E-state index >= 15 is 0 Å². The van der Waals surface area contributed by atoms with Crippen molar-refractivity contribution in [1.82, 2.24) is 9.97 Å². The molecule has 0 aliphatic carbocycles. The van der Waals surface area contributed by atoms with E-state index in [0.29, 0.717) is 17.8 Å². The molecule has 82 valence electrons. The van der Waals surface area contributed by atoms with Gasteiger partial charge in [-0.3, -0.25) is 9.97 Å². The van der Waals surface area contributed by atoms with Gasteiger partial charge in [-0.05, 0) is 30.7 Å². The van der Waals surface area contributed by atoms with Crippen LogP contribution in [0.25, 0.3) is 0 Å². The highest BCUT2D eigenvalue weighted by atomic mass is 16.3. The molecule has 2 heterocycles. The predicted octanol–water partition coefficient (Wildman–Crippen LogP) is 2.12. The lowest BCUT2D eigenvalue weighted by Crippen LogP contribution is -2.28. The maximum Gasteiger partial charge on any atom is 0.148 e. The van der Waals surface area contributed by atoms with Gasteiger partial charge in [-0.2, -0.15) is 0 Å². The van der Waals surface area contributed by atoms with Gasteiger partial charge in [0.05, 0.1) is 11.4 Å². The van der Waals surface area contributed by atoms with Crippen LogP contribution in [0.1, 0.15) is 24.7 Å². The predicted molar refractivity (Wildman–Crippen MR) is 61.8 cm³/mol. The Bertz CT molecular complexity index is 403. The SMILES string of the molecule is CCC(O)(c1ccccn1)c1ccccn1.